The Kier molecular flexibility index (Phi) is 8.29. The van der Waals surface area contributed by atoms with E-state index in [1.807, 2.05) is 31.2 Å². The Morgan fingerprint density at radius 2 is 0.902 bits per heavy atom. The molecule has 0 atom stereocenters. The first-order valence-corrected chi connectivity index (χ1v) is 17.0. The first-order valence-electron chi connectivity index (χ1n) is 17.0. The number of aryl methyl sites for hydroxylation is 1. The molecule has 51 heavy (non-hydrogen) atoms. The summed E-state index contributed by atoms with van der Waals surface area (Å²) in [6.45, 7) is 30.4. The molecule has 0 aliphatic rings. The van der Waals surface area contributed by atoms with E-state index in [9.17, 15) is 0 Å². The molecule has 0 aliphatic heterocycles. The molecular formula is C42H39N9. The third-order valence-electron chi connectivity index (χ3n) is 10.00. The monoisotopic (exact) mass is 669 g/mol. The fourth-order valence-electron chi connectivity index (χ4n) is 6.76. The molecule has 4 heterocycles. The Morgan fingerprint density at radius 1 is 0.510 bits per heavy atom. The van der Waals surface area contributed by atoms with E-state index in [1.165, 1.54) is 5.57 Å². The fraction of sp³-hybridized carbons (Fsp3) is 0.214. The Morgan fingerprint density at radius 3 is 1.37 bits per heavy atom. The fourth-order valence-corrected chi connectivity index (χ4v) is 6.76. The lowest BCUT2D eigenvalue weighted by atomic mass is 9.99. The van der Waals surface area contributed by atoms with Crippen LogP contribution in [0.15, 0.2) is 70.7 Å². The molecule has 0 amide bonds. The maximum absolute atomic E-state index is 5.28. The molecule has 0 fully saturated rings. The Balaban J connectivity index is 1.58. The van der Waals surface area contributed by atoms with E-state index in [4.69, 9.17) is 34.9 Å². The smallest absolute Gasteiger partial charge is 0.117 e. The van der Waals surface area contributed by atoms with Gasteiger partial charge in [0.15, 0.2) is 0 Å². The van der Waals surface area contributed by atoms with E-state index in [0.29, 0.717) is 66.9 Å². The van der Waals surface area contributed by atoms with Crippen molar-refractivity contribution in [2.24, 2.45) is 9.98 Å². The van der Waals surface area contributed by atoms with Gasteiger partial charge in [0, 0.05) is 10.8 Å². The van der Waals surface area contributed by atoms with Crippen molar-refractivity contribution in [3.05, 3.63) is 89.0 Å². The third kappa shape index (κ3) is 5.28. The number of aliphatic imine (C=N–C) groups is 2. The van der Waals surface area contributed by atoms with Crippen molar-refractivity contribution in [3.63, 3.8) is 0 Å². The largest absolute Gasteiger partial charge is 0.263 e. The summed E-state index contributed by atoms with van der Waals surface area (Å²) >= 11 is 0. The van der Waals surface area contributed by atoms with Crippen LogP contribution >= 0.6 is 0 Å². The number of benzene rings is 3. The van der Waals surface area contributed by atoms with E-state index >= 15 is 0 Å². The molecule has 252 valence electrons. The van der Waals surface area contributed by atoms with Crippen molar-refractivity contribution in [3.8, 4) is 0 Å². The number of nitrogens with zero attached hydrogens (tertiary/aromatic N) is 9. The van der Waals surface area contributed by atoms with E-state index in [-0.39, 0.29) is 0 Å². The number of aromatic nitrogens is 7. The predicted molar refractivity (Wildman–Crippen MR) is 215 cm³/mol. The summed E-state index contributed by atoms with van der Waals surface area (Å²) in [7, 11) is 0. The van der Waals surface area contributed by atoms with E-state index in [0.717, 1.165) is 68.3 Å². The second kappa shape index (κ2) is 12.7. The van der Waals surface area contributed by atoms with Crippen LogP contribution in [0.2, 0.25) is 0 Å². The summed E-state index contributed by atoms with van der Waals surface area (Å²) in [5.74, 6) is 0. The second-order valence-corrected chi connectivity index (χ2v) is 13.0. The first kappa shape index (κ1) is 33.4. The summed E-state index contributed by atoms with van der Waals surface area (Å²) in [4.78, 5) is 44.3. The van der Waals surface area contributed by atoms with E-state index in [1.54, 1.807) is 0 Å². The van der Waals surface area contributed by atoms with E-state index < -0.39 is 0 Å². The average molecular weight is 670 g/mol. The summed E-state index contributed by atoms with van der Waals surface area (Å²) in [5, 5.41) is 1.94. The highest BCUT2D eigenvalue weighted by Gasteiger charge is 2.21. The molecule has 9 heteroatoms. The van der Waals surface area contributed by atoms with Crippen LogP contribution in [0, 0.1) is 6.92 Å². The minimum absolute atomic E-state index is 0.452. The molecule has 0 saturated carbocycles. The van der Waals surface area contributed by atoms with Crippen molar-refractivity contribution in [1.82, 2.24) is 34.9 Å². The van der Waals surface area contributed by atoms with Crippen LogP contribution in [0.1, 0.15) is 82.7 Å². The lowest BCUT2D eigenvalue weighted by Crippen LogP contribution is -2.03. The Bertz CT molecular complexity index is 2780. The van der Waals surface area contributed by atoms with Crippen LogP contribution in [0.3, 0.4) is 0 Å². The van der Waals surface area contributed by atoms with Crippen LogP contribution in [-0.2, 0) is 0 Å². The first-order chi connectivity index (χ1) is 24.5. The average Bonchev–Trinajstić information content (AvgIpc) is 3.15. The van der Waals surface area contributed by atoms with Gasteiger partial charge in [-0.3, -0.25) is 9.98 Å². The molecule has 0 saturated heterocycles. The van der Waals surface area contributed by atoms with Gasteiger partial charge in [-0.1, -0.05) is 50.3 Å². The zero-order valence-corrected chi connectivity index (χ0v) is 30.2. The standard InChI is InChI=1S/C42H39N9/c1-12-26(13-2)22(6)34-36(25(9)44-11)49-42-32(47-34)19-18-30-41(42)51-39-29(45-30)16-14-27-23(7)28-15-17-31-40(38(28)50-37(27)39)48-35(24(8)43-10)33(46-31)21(5)20(3)4/h14-19H,8-13H2,1-7H3. The highest BCUT2D eigenvalue weighted by Crippen LogP contribution is 2.36. The minimum Gasteiger partial charge on any atom is -0.263 e. The van der Waals surface area contributed by atoms with Gasteiger partial charge in [-0.25, -0.2) is 34.9 Å². The van der Waals surface area contributed by atoms with Gasteiger partial charge in [0.1, 0.15) is 33.5 Å². The number of fused-ring (bicyclic) bond motifs is 9. The number of pyridine rings is 1. The van der Waals surface area contributed by atoms with Crippen molar-refractivity contribution < 1.29 is 0 Å². The topological polar surface area (TPSA) is 115 Å². The summed E-state index contributed by atoms with van der Waals surface area (Å²) in [5.41, 5.74) is 15.9. The normalized spacial score (nSPS) is 11.5. The van der Waals surface area contributed by atoms with Gasteiger partial charge in [0.2, 0.25) is 0 Å². The number of hydrogen-bond donors (Lipinski definition) is 0. The summed E-state index contributed by atoms with van der Waals surface area (Å²) in [6, 6.07) is 12.0. The second-order valence-electron chi connectivity index (χ2n) is 13.0. The number of allylic oxidation sites excluding steroid dienone is 4. The van der Waals surface area contributed by atoms with Gasteiger partial charge < -0.3 is 0 Å². The summed E-state index contributed by atoms with van der Waals surface area (Å²) in [6.07, 6.45) is 1.83. The number of hydrogen-bond acceptors (Lipinski definition) is 9. The molecule has 7 aromatic rings. The zero-order chi connectivity index (χ0) is 36.3. The molecule has 0 unspecified atom stereocenters. The molecule has 0 spiro atoms. The lowest BCUT2D eigenvalue weighted by molar-refractivity contribution is 0.974. The van der Waals surface area contributed by atoms with Crippen molar-refractivity contribution in [1.29, 1.82) is 0 Å². The Labute approximate surface area is 296 Å². The van der Waals surface area contributed by atoms with Crippen molar-refractivity contribution >= 4 is 102 Å². The molecule has 0 N–H and O–H groups in total. The SMILES string of the molecule is C=NC(=C)c1nc2c(ccc3c(C)c4ccc5nc6ccc7nc(C(C)=C(CC)CC)c(C(=C)N=C)nc7c6nc5c4nc32)nc1C(C)=C(C)C. The lowest BCUT2D eigenvalue weighted by Gasteiger charge is -2.15. The quantitative estimate of drug-likeness (QED) is 0.0898. The van der Waals surface area contributed by atoms with Gasteiger partial charge in [-0.2, -0.15) is 0 Å². The Hall–Kier alpha value is -6.09. The van der Waals surface area contributed by atoms with Gasteiger partial charge in [-0.05, 0) is 102 Å². The molecule has 4 aromatic heterocycles. The molecule has 0 bridgehead atoms. The van der Waals surface area contributed by atoms with Gasteiger partial charge in [0.05, 0.1) is 55.9 Å². The maximum Gasteiger partial charge on any atom is 0.117 e. The molecule has 3 aromatic carbocycles. The van der Waals surface area contributed by atoms with Crippen LogP contribution in [0.25, 0.3) is 88.5 Å². The maximum atomic E-state index is 5.28. The van der Waals surface area contributed by atoms with Gasteiger partial charge >= 0.3 is 0 Å². The summed E-state index contributed by atoms with van der Waals surface area (Å²) < 4.78 is 0. The number of rotatable bonds is 8. The van der Waals surface area contributed by atoms with Crippen LogP contribution in [-0.4, -0.2) is 48.3 Å². The van der Waals surface area contributed by atoms with Gasteiger partial charge in [-0.15, -0.1) is 0 Å². The van der Waals surface area contributed by atoms with Crippen molar-refractivity contribution in [2.45, 2.75) is 61.3 Å². The minimum atomic E-state index is 0.452. The molecule has 9 nitrogen and oxygen atoms in total. The molecule has 0 radical (unpaired) electrons. The highest BCUT2D eigenvalue weighted by molar-refractivity contribution is 6.14. The van der Waals surface area contributed by atoms with E-state index in [2.05, 4.69) is 90.3 Å². The molecule has 7 rings (SSSR count). The molecular weight excluding hydrogens is 631 g/mol. The van der Waals surface area contributed by atoms with Crippen molar-refractivity contribution in [2.75, 3.05) is 0 Å². The zero-order valence-electron chi connectivity index (χ0n) is 30.2. The van der Waals surface area contributed by atoms with Gasteiger partial charge in [0.25, 0.3) is 0 Å². The van der Waals surface area contributed by atoms with Crippen LogP contribution < -0.4 is 0 Å². The van der Waals surface area contributed by atoms with Crippen LogP contribution in [0.5, 0.6) is 0 Å². The highest BCUT2D eigenvalue weighted by atomic mass is 14.9. The molecule has 0 aliphatic carbocycles. The third-order valence-corrected chi connectivity index (χ3v) is 10.00. The predicted octanol–water partition coefficient (Wildman–Crippen LogP) is 10.4. The van der Waals surface area contributed by atoms with Crippen LogP contribution in [0.4, 0.5) is 0 Å².